The summed E-state index contributed by atoms with van der Waals surface area (Å²) >= 11 is 0. The zero-order chi connectivity index (χ0) is 35.5. The smallest absolute Gasteiger partial charge is 0.412 e. The maximum absolute atomic E-state index is 11.6. The summed E-state index contributed by atoms with van der Waals surface area (Å²) in [7, 11) is -1.32. The van der Waals surface area contributed by atoms with Gasteiger partial charge in [0.2, 0.25) is 18.1 Å². The number of nitrogens with two attached hydrogens (primary N) is 1. The molecule has 0 saturated carbocycles. The van der Waals surface area contributed by atoms with Crippen molar-refractivity contribution in [1.29, 1.82) is 0 Å². The van der Waals surface area contributed by atoms with Crippen LogP contribution in [0.1, 0.15) is 58.2 Å². The van der Waals surface area contributed by atoms with Crippen LogP contribution in [0.5, 0.6) is 11.5 Å². The Bertz CT molecular complexity index is 1580. The lowest BCUT2D eigenvalue weighted by molar-refractivity contribution is -0.639. The predicted molar refractivity (Wildman–Crippen MR) is 172 cm³/mol. The number of nitrogens with zero attached hydrogens (tertiary/aromatic N) is 2. The molecule has 0 atom stereocenters. The summed E-state index contributed by atoms with van der Waals surface area (Å²) in [4.78, 5) is 26.8. The molecule has 2 heterocycles. The van der Waals surface area contributed by atoms with E-state index in [1.807, 2.05) is 6.92 Å². The average Bonchev–Trinajstić information content (AvgIpc) is 2.87. The molecule has 0 aliphatic heterocycles. The molecule has 46 heavy (non-hydrogen) atoms. The summed E-state index contributed by atoms with van der Waals surface area (Å²) in [6.45, 7) is 15.9. The third kappa shape index (κ3) is 14.4. The van der Waals surface area contributed by atoms with E-state index in [0.717, 1.165) is 5.56 Å². The Hall–Kier alpha value is -4.63. The lowest BCUT2D eigenvalue weighted by Crippen LogP contribution is -2.43. The molecule has 0 aliphatic rings. The number of rotatable bonds is 5. The molecule has 0 aliphatic carbocycles. The number of benzene rings is 1. The number of anilines is 2. The number of carbonyl (C=O) groups is 2. The molecular weight excluding hydrogens is 618 g/mol. The summed E-state index contributed by atoms with van der Waals surface area (Å²) < 4.78 is 54.2. The molecule has 1 aromatic carbocycles. The Labute approximate surface area is 270 Å². The van der Waals surface area contributed by atoms with E-state index in [9.17, 15) is 22.6 Å². The van der Waals surface area contributed by atoms with Gasteiger partial charge < -0.3 is 23.5 Å². The number of aryl methyl sites for hydroxylation is 3. The highest BCUT2D eigenvalue weighted by Crippen LogP contribution is 2.23. The fraction of sp³-hybridized carbons (Fsp3) is 0.419. The van der Waals surface area contributed by atoms with Crippen LogP contribution in [0.3, 0.4) is 0 Å². The van der Waals surface area contributed by atoms with Gasteiger partial charge in [-0.2, -0.15) is 0 Å². The van der Waals surface area contributed by atoms with Crippen molar-refractivity contribution < 1.29 is 46.2 Å². The molecule has 0 fully saturated rings. The van der Waals surface area contributed by atoms with Crippen molar-refractivity contribution in [2.75, 3.05) is 30.7 Å². The fourth-order valence-corrected chi connectivity index (χ4v) is 4.70. The average molecular weight is 664 g/mol. The molecule has 0 radical (unpaired) electrons. The van der Waals surface area contributed by atoms with E-state index in [-0.39, 0.29) is 4.90 Å². The van der Waals surface area contributed by atoms with Crippen molar-refractivity contribution in [3.63, 3.8) is 0 Å². The highest BCUT2D eigenvalue weighted by atomic mass is 32.2. The number of nitrogen functional groups attached to an aromatic ring is 1. The molecule has 14 nitrogen and oxygen atoms in total. The first-order valence-corrected chi connectivity index (χ1v) is 15.3. The van der Waals surface area contributed by atoms with Gasteiger partial charge in [0.25, 0.3) is 0 Å². The van der Waals surface area contributed by atoms with Crippen LogP contribution in [0.4, 0.5) is 21.0 Å². The van der Waals surface area contributed by atoms with Crippen LogP contribution < -0.4 is 30.6 Å². The normalized spacial score (nSPS) is 11.0. The summed E-state index contributed by atoms with van der Waals surface area (Å²) in [5, 5.41) is 5.18. The largest absolute Gasteiger partial charge is 0.744 e. The van der Waals surface area contributed by atoms with Crippen molar-refractivity contribution >= 4 is 33.7 Å². The fourth-order valence-electron chi connectivity index (χ4n) is 3.79. The van der Waals surface area contributed by atoms with Gasteiger partial charge in [-0.05, 0) is 79.5 Å². The number of amides is 2. The lowest BCUT2D eigenvalue weighted by Gasteiger charge is -2.20. The monoisotopic (exact) mass is 663 g/mol. The van der Waals surface area contributed by atoms with Crippen molar-refractivity contribution in [3.05, 3.63) is 65.7 Å². The molecule has 0 bridgehead atoms. The van der Waals surface area contributed by atoms with E-state index in [1.165, 1.54) is 25.1 Å². The third-order valence-electron chi connectivity index (χ3n) is 5.30. The molecule has 254 valence electrons. The van der Waals surface area contributed by atoms with E-state index in [4.69, 9.17) is 24.8 Å². The molecule has 0 unspecified atom stereocenters. The number of aromatic nitrogens is 2. The Kier molecular flexibility index (Phi) is 14.2. The first-order valence-electron chi connectivity index (χ1n) is 13.9. The molecule has 15 heteroatoms. The first-order chi connectivity index (χ1) is 21.1. The second-order valence-corrected chi connectivity index (χ2v) is 13.2. The Balaban J connectivity index is 0.000000348. The summed E-state index contributed by atoms with van der Waals surface area (Å²) in [5.74, 6) is 6.48. The van der Waals surface area contributed by atoms with Crippen molar-refractivity contribution in [1.82, 2.24) is 4.98 Å². The molecule has 2 aromatic heterocycles. The lowest BCUT2D eigenvalue weighted by atomic mass is 10.1. The SMILES string of the molecule is COc1c[n+](N)ccc1NC(=O)OC(C)(C)C.COc1cnccc1NC(=O)OC(C)(C)C.Cc1cc(C)c(S(=O)(=O)[O-])c(C)c1. The standard InChI is InChI=1S/C11H17N3O3.C11H16N2O3.C9H12O3S/c1-11(2,3)17-10(15)13-8-5-6-14(12)7-9(8)16-4;1-11(2,3)16-10(14)13-8-5-6-12-7-9(8)15-4;1-6-4-7(2)9(8(3)5-6)13(10,11)12/h5-7H,12H2,1-4H3;5-7H,1-4H3,(H,12,13,14);4-5H,1-3H3,(H,10,11,12). The zero-order valence-corrected chi connectivity index (χ0v) is 29.0. The number of hydrogen-bond donors (Lipinski definition) is 3. The zero-order valence-electron chi connectivity index (χ0n) is 28.2. The number of carbonyl (C=O) groups excluding carboxylic acids is 2. The van der Waals surface area contributed by atoms with Crippen molar-refractivity contribution in [2.45, 2.75) is 78.4 Å². The van der Waals surface area contributed by atoms with Crippen molar-refractivity contribution in [2.24, 2.45) is 0 Å². The second kappa shape index (κ2) is 16.6. The molecule has 4 N–H and O–H groups in total. The third-order valence-corrected chi connectivity index (χ3v) is 6.44. The van der Waals surface area contributed by atoms with Crippen LogP contribution in [0.15, 0.2) is 53.9 Å². The van der Waals surface area contributed by atoms with Gasteiger partial charge in [-0.15, -0.1) is 0 Å². The topological polar surface area (TPSA) is 195 Å². The van der Waals surface area contributed by atoms with Crippen LogP contribution in [0.25, 0.3) is 0 Å². The van der Waals surface area contributed by atoms with Gasteiger partial charge >= 0.3 is 12.2 Å². The minimum atomic E-state index is -4.33. The van der Waals surface area contributed by atoms with Gasteiger partial charge in [0, 0.05) is 12.3 Å². The number of nitrogens with one attached hydrogen (secondary N) is 2. The van der Waals surface area contributed by atoms with E-state index in [2.05, 4.69) is 15.6 Å². The van der Waals surface area contributed by atoms with E-state index < -0.39 is 33.5 Å². The molecule has 3 rings (SSSR count). The van der Waals surface area contributed by atoms with E-state index in [0.29, 0.717) is 34.0 Å². The highest BCUT2D eigenvalue weighted by Gasteiger charge is 2.19. The van der Waals surface area contributed by atoms with Gasteiger partial charge in [0.1, 0.15) is 21.3 Å². The second-order valence-electron chi connectivity index (χ2n) is 11.9. The van der Waals surface area contributed by atoms with Crippen LogP contribution in [0.2, 0.25) is 0 Å². The quantitative estimate of drug-likeness (QED) is 0.189. The van der Waals surface area contributed by atoms with Gasteiger partial charge in [0.05, 0.1) is 36.7 Å². The van der Waals surface area contributed by atoms with Gasteiger partial charge in [-0.1, -0.05) is 22.4 Å². The molecular formula is C31H45N5O9S. The summed E-state index contributed by atoms with van der Waals surface area (Å²) in [6.07, 6.45) is 5.17. The number of methoxy groups -OCH3 is 2. The van der Waals surface area contributed by atoms with Crippen molar-refractivity contribution in [3.8, 4) is 11.5 Å². The molecule has 2 amide bonds. The van der Waals surface area contributed by atoms with Crippen LogP contribution in [-0.4, -0.2) is 55.6 Å². The van der Waals surface area contributed by atoms with Gasteiger partial charge in [-0.3, -0.25) is 15.6 Å². The maximum atomic E-state index is 11.6. The van der Waals surface area contributed by atoms with Gasteiger partial charge in [-0.25, -0.2) is 23.8 Å². The minimum Gasteiger partial charge on any atom is -0.744 e. The first kappa shape index (κ1) is 39.4. The highest BCUT2D eigenvalue weighted by molar-refractivity contribution is 7.85. The van der Waals surface area contributed by atoms with E-state index in [1.54, 1.807) is 98.2 Å². The van der Waals surface area contributed by atoms with Crippen LogP contribution >= 0.6 is 0 Å². The maximum Gasteiger partial charge on any atom is 0.412 e. The Morgan fingerprint density at radius 2 is 1.30 bits per heavy atom. The van der Waals surface area contributed by atoms with Crippen LogP contribution in [-0.2, 0) is 19.6 Å². The van der Waals surface area contributed by atoms with Gasteiger partial charge in [0.15, 0.2) is 5.75 Å². The number of ether oxygens (including phenoxy) is 4. The molecule has 0 spiro atoms. The number of hydrogen-bond acceptors (Lipinski definition) is 11. The van der Waals surface area contributed by atoms with E-state index >= 15 is 0 Å². The van der Waals surface area contributed by atoms with Crippen LogP contribution in [0, 0.1) is 20.8 Å². The predicted octanol–water partition coefficient (Wildman–Crippen LogP) is 5.00. The summed E-state index contributed by atoms with van der Waals surface area (Å²) in [6, 6.07) is 6.65. The Morgan fingerprint density at radius 1 is 0.848 bits per heavy atom. The summed E-state index contributed by atoms with van der Waals surface area (Å²) in [5.41, 5.74) is 1.97. The molecule has 3 aromatic rings. The number of pyridine rings is 2. The minimum absolute atomic E-state index is 0.0851. The Morgan fingerprint density at radius 3 is 1.72 bits per heavy atom. The molecule has 0 saturated heterocycles.